The highest BCUT2D eigenvalue weighted by atomic mass is 16.3. The number of hydrogen-bond donors (Lipinski definition) is 2. The van der Waals surface area contributed by atoms with Gasteiger partial charge in [-0.1, -0.05) is 24.6 Å². The number of aromatic nitrogens is 2. The first-order valence-electron chi connectivity index (χ1n) is 10.5. The summed E-state index contributed by atoms with van der Waals surface area (Å²) in [4.78, 5) is 47.2. The van der Waals surface area contributed by atoms with Crippen LogP contribution in [0.15, 0.2) is 38.8 Å². The number of hydrogen-bond acceptors (Lipinski definition) is 6. The van der Waals surface area contributed by atoms with E-state index in [1.165, 1.54) is 0 Å². The molecule has 0 atom stereocenters. The Balaban J connectivity index is 1.82. The van der Waals surface area contributed by atoms with Gasteiger partial charge in [0.2, 0.25) is 11.8 Å². The fourth-order valence-electron chi connectivity index (χ4n) is 3.70. The zero-order valence-electron chi connectivity index (χ0n) is 18.2. The van der Waals surface area contributed by atoms with Gasteiger partial charge in [0.15, 0.2) is 0 Å². The Hall–Kier alpha value is -3.20. The number of carbonyl (C=O) groups excluding carboxylic acids is 1. The molecule has 1 aliphatic rings. The van der Waals surface area contributed by atoms with Crippen LogP contribution in [0, 0.1) is 6.92 Å². The molecule has 0 unspecified atom stereocenters. The maximum absolute atomic E-state index is 12.5. The molecule has 3 rings (SSSR count). The van der Waals surface area contributed by atoms with Crippen LogP contribution in [-0.4, -0.2) is 75.3 Å². The third-order valence-corrected chi connectivity index (χ3v) is 5.54. The smallest absolute Gasteiger partial charge is 0.335 e. The van der Waals surface area contributed by atoms with Crippen LogP contribution >= 0.6 is 0 Å². The zero-order valence-corrected chi connectivity index (χ0v) is 18.2. The highest BCUT2D eigenvalue weighted by Crippen LogP contribution is 2.18. The van der Waals surface area contributed by atoms with Crippen molar-refractivity contribution in [3.05, 3.63) is 56.2 Å². The van der Waals surface area contributed by atoms with Gasteiger partial charge in [0.05, 0.1) is 17.9 Å². The second-order valence-corrected chi connectivity index (χ2v) is 7.66. The standard InChI is InChI=1S/C22H29N5O4/c1-4-18(23-9-10-25-11-13-26(14-12-25)16(3)28)19-20(29)24-22(31)27(21(19)30)17-7-5-15(2)6-8-17/h5-8,30H,4,9-14H2,1-3H3,(H,24,29,31). The summed E-state index contributed by atoms with van der Waals surface area (Å²) in [6.07, 6.45) is 0.431. The number of aryl methyl sites for hydroxylation is 1. The number of aromatic amines is 1. The summed E-state index contributed by atoms with van der Waals surface area (Å²) in [6, 6.07) is 7.07. The minimum absolute atomic E-state index is 0.0177. The molecule has 0 bridgehead atoms. The van der Waals surface area contributed by atoms with E-state index in [1.807, 2.05) is 30.9 Å². The maximum atomic E-state index is 12.5. The van der Waals surface area contributed by atoms with Gasteiger partial charge in [-0.2, -0.15) is 0 Å². The Morgan fingerprint density at radius 3 is 2.35 bits per heavy atom. The van der Waals surface area contributed by atoms with Gasteiger partial charge in [0.1, 0.15) is 5.56 Å². The van der Waals surface area contributed by atoms with E-state index in [0.717, 1.165) is 23.2 Å². The normalized spacial score (nSPS) is 15.3. The van der Waals surface area contributed by atoms with Gasteiger partial charge in [-0.05, 0) is 25.5 Å². The van der Waals surface area contributed by atoms with Gasteiger partial charge in [-0.3, -0.25) is 24.5 Å². The van der Waals surface area contributed by atoms with Crippen LogP contribution in [0.1, 0.15) is 31.4 Å². The van der Waals surface area contributed by atoms with Crippen molar-refractivity contribution in [1.82, 2.24) is 19.4 Å². The molecule has 1 saturated heterocycles. The second-order valence-electron chi connectivity index (χ2n) is 7.66. The number of carbonyl (C=O) groups is 1. The molecule has 9 nitrogen and oxygen atoms in total. The fraction of sp³-hybridized carbons (Fsp3) is 0.455. The lowest BCUT2D eigenvalue weighted by Crippen LogP contribution is -2.48. The van der Waals surface area contributed by atoms with E-state index in [2.05, 4.69) is 14.9 Å². The maximum Gasteiger partial charge on any atom is 0.335 e. The molecule has 2 heterocycles. The lowest BCUT2D eigenvalue weighted by Gasteiger charge is -2.33. The lowest BCUT2D eigenvalue weighted by atomic mass is 10.1. The molecule has 1 aliphatic heterocycles. The van der Waals surface area contributed by atoms with Crippen molar-refractivity contribution in [2.45, 2.75) is 27.2 Å². The van der Waals surface area contributed by atoms with Crippen LogP contribution in [-0.2, 0) is 4.79 Å². The van der Waals surface area contributed by atoms with Crippen molar-refractivity contribution in [3.63, 3.8) is 0 Å². The van der Waals surface area contributed by atoms with Crippen LogP contribution in [0.3, 0.4) is 0 Å². The van der Waals surface area contributed by atoms with E-state index in [0.29, 0.717) is 44.0 Å². The third-order valence-electron chi connectivity index (χ3n) is 5.54. The first-order valence-corrected chi connectivity index (χ1v) is 10.5. The van der Waals surface area contributed by atoms with Crippen molar-refractivity contribution in [2.75, 3.05) is 39.3 Å². The van der Waals surface area contributed by atoms with Crippen LogP contribution in [0.25, 0.3) is 5.69 Å². The van der Waals surface area contributed by atoms with Crippen LogP contribution in [0.4, 0.5) is 0 Å². The molecule has 0 saturated carbocycles. The summed E-state index contributed by atoms with van der Waals surface area (Å²) in [5, 5.41) is 10.8. The number of amides is 1. The largest absolute Gasteiger partial charge is 0.493 e. The molecular formula is C22H29N5O4. The predicted molar refractivity (Wildman–Crippen MR) is 119 cm³/mol. The molecule has 166 valence electrons. The zero-order chi connectivity index (χ0) is 22.5. The topological polar surface area (TPSA) is 111 Å². The van der Waals surface area contributed by atoms with Gasteiger partial charge in [0.25, 0.3) is 5.56 Å². The second kappa shape index (κ2) is 9.74. The average molecular weight is 428 g/mol. The molecule has 1 aromatic heterocycles. The number of nitrogens with one attached hydrogen (secondary N) is 1. The fourth-order valence-corrected chi connectivity index (χ4v) is 3.70. The number of aliphatic imine (C=N–C) groups is 1. The molecule has 1 fully saturated rings. The van der Waals surface area contributed by atoms with Gasteiger partial charge < -0.3 is 10.0 Å². The van der Waals surface area contributed by atoms with Crippen LogP contribution < -0.4 is 11.2 Å². The van der Waals surface area contributed by atoms with E-state index in [-0.39, 0.29) is 11.5 Å². The number of rotatable bonds is 6. The summed E-state index contributed by atoms with van der Waals surface area (Å²) in [5.41, 5.74) is 0.590. The van der Waals surface area contributed by atoms with Crippen molar-refractivity contribution in [3.8, 4) is 11.6 Å². The summed E-state index contributed by atoms with van der Waals surface area (Å²) in [5.74, 6) is -0.322. The van der Waals surface area contributed by atoms with Gasteiger partial charge in [-0.25, -0.2) is 9.36 Å². The lowest BCUT2D eigenvalue weighted by molar-refractivity contribution is -0.130. The monoisotopic (exact) mass is 427 g/mol. The third kappa shape index (κ3) is 5.11. The number of H-pyrrole nitrogens is 1. The number of benzene rings is 1. The Morgan fingerprint density at radius 1 is 1.13 bits per heavy atom. The summed E-state index contributed by atoms with van der Waals surface area (Å²) in [6.45, 7) is 9.44. The molecular weight excluding hydrogens is 398 g/mol. The molecule has 0 radical (unpaired) electrons. The quantitative estimate of drug-likeness (QED) is 0.666. The molecule has 1 aromatic carbocycles. The van der Waals surface area contributed by atoms with E-state index < -0.39 is 17.1 Å². The van der Waals surface area contributed by atoms with E-state index >= 15 is 0 Å². The Kier molecular flexibility index (Phi) is 7.06. The van der Waals surface area contributed by atoms with E-state index in [1.54, 1.807) is 19.1 Å². The van der Waals surface area contributed by atoms with Crippen molar-refractivity contribution >= 4 is 11.6 Å². The molecule has 9 heteroatoms. The van der Waals surface area contributed by atoms with E-state index in [4.69, 9.17) is 0 Å². The Labute approximate surface area is 180 Å². The molecule has 0 aliphatic carbocycles. The summed E-state index contributed by atoms with van der Waals surface area (Å²) < 4.78 is 1.09. The van der Waals surface area contributed by atoms with Crippen molar-refractivity contribution < 1.29 is 9.90 Å². The predicted octanol–water partition coefficient (Wildman–Crippen LogP) is 0.903. The Morgan fingerprint density at radius 2 is 1.77 bits per heavy atom. The van der Waals surface area contributed by atoms with E-state index in [9.17, 15) is 19.5 Å². The van der Waals surface area contributed by atoms with Crippen LogP contribution in [0.2, 0.25) is 0 Å². The molecule has 2 aromatic rings. The number of aromatic hydroxyl groups is 1. The first kappa shape index (κ1) is 22.5. The minimum Gasteiger partial charge on any atom is -0.493 e. The average Bonchev–Trinajstić information content (AvgIpc) is 2.74. The van der Waals surface area contributed by atoms with Crippen molar-refractivity contribution in [1.29, 1.82) is 0 Å². The number of piperazine rings is 1. The summed E-state index contributed by atoms with van der Waals surface area (Å²) in [7, 11) is 0. The molecule has 1 amide bonds. The van der Waals surface area contributed by atoms with Crippen LogP contribution in [0.5, 0.6) is 5.88 Å². The molecule has 31 heavy (non-hydrogen) atoms. The van der Waals surface area contributed by atoms with Gasteiger partial charge in [-0.15, -0.1) is 0 Å². The Bertz CT molecular complexity index is 1080. The minimum atomic E-state index is -0.700. The SMILES string of the molecule is CCC(=NCCN1CCN(C(C)=O)CC1)c1c(O)n(-c2ccc(C)cc2)c(=O)[nH]c1=O. The number of nitrogens with zero attached hydrogens (tertiary/aromatic N) is 4. The molecule has 2 N–H and O–H groups in total. The van der Waals surface area contributed by atoms with Gasteiger partial charge in [0, 0.05) is 39.6 Å². The van der Waals surface area contributed by atoms with Crippen molar-refractivity contribution in [2.24, 2.45) is 4.99 Å². The van der Waals surface area contributed by atoms with Gasteiger partial charge >= 0.3 is 5.69 Å². The first-order chi connectivity index (χ1) is 14.8. The molecule has 0 spiro atoms. The summed E-state index contributed by atoms with van der Waals surface area (Å²) >= 11 is 0. The highest BCUT2D eigenvalue weighted by molar-refractivity contribution is 6.02. The highest BCUT2D eigenvalue weighted by Gasteiger charge is 2.20.